The highest BCUT2D eigenvalue weighted by Crippen LogP contribution is 2.32. The molecule has 3 heteroatoms. The summed E-state index contributed by atoms with van der Waals surface area (Å²) in [5, 5.41) is 0. The third-order valence-corrected chi connectivity index (χ3v) is 3.21. The molecule has 0 bridgehead atoms. The molecule has 2 aromatic rings. The van der Waals surface area contributed by atoms with E-state index in [1.54, 1.807) is 18.3 Å². The summed E-state index contributed by atoms with van der Waals surface area (Å²) in [6.07, 6.45) is 1.54. The number of Topliss-reactive ketones (excluding diaryl/α,β-unsaturated/α-hetero) is 2. The maximum absolute atomic E-state index is 12.3. The Balaban J connectivity index is 2.12. The lowest BCUT2D eigenvalue weighted by Gasteiger charge is -2.07. The summed E-state index contributed by atoms with van der Waals surface area (Å²) in [6.45, 7) is 1.94. The minimum atomic E-state index is -0.713. The number of benzene rings is 1. The first-order chi connectivity index (χ1) is 8.68. The summed E-state index contributed by atoms with van der Waals surface area (Å²) in [5.41, 5.74) is 2.53. The van der Waals surface area contributed by atoms with Crippen molar-refractivity contribution in [2.45, 2.75) is 12.8 Å². The Bertz CT molecular complexity index is 626. The zero-order chi connectivity index (χ0) is 12.7. The molecule has 18 heavy (non-hydrogen) atoms. The standard InChI is InChI=1S/C15H11NO2/c1-9-4-2-5-10(8-9)12-14(17)11-6-3-7-16-13(11)15(12)18/h2-8,12H,1H3. The van der Waals surface area contributed by atoms with Gasteiger partial charge in [-0.05, 0) is 24.6 Å². The van der Waals surface area contributed by atoms with Crippen molar-refractivity contribution in [3.05, 3.63) is 65.0 Å². The van der Waals surface area contributed by atoms with Crippen molar-refractivity contribution >= 4 is 11.6 Å². The van der Waals surface area contributed by atoms with Crippen LogP contribution >= 0.6 is 0 Å². The topological polar surface area (TPSA) is 47.0 Å². The summed E-state index contributed by atoms with van der Waals surface area (Å²) in [5.74, 6) is -1.05. The minimum absolute atomic E-state index is 0.145. The number of hydrogen-bond donors (Lipinski definition) is 0. The summed E-state index contributed by atoms with van der Waals surface area (Å²) >= 11 is 0. The predicted octanol–water partition coefficient (Wildman–Crippen LogP) is 2.55. The quantitative estimate of drug-likeness (QED) is 0.716. The van der Waals surface area contributed by atoms with E-state index in [1.807, 2.05) is 31.2 Å². The fourth-order valence-corrected chi connectivity index (χ4v) is 2.36. The number of carbonyl (C=O) groups excluding carboxylic acids is 2. The molecule has 0 saturated heterocycles. The number of aromatic nitrogens is 1. The van der Waals surface area contributed by atoms with Crippen molar-refractivity contribution < 1.29 is 9.59 Å². The molecule has 88 valence electrons. The Morgan fingerprint density at radius 3 is 2.61 bits per heavy atom. The van der Waals surface area contributed by atoms with Crippen LogP contribution in [0.5, 0.6) is 0 Å². The van der Waals surface area contributed by atoms with E-state index < -0.39 is 5.92 Å². The molecule has 1 heterocycles. The van der Waals surface area contributed by atoms with Crippen LogP contribution in [-0.2, 0) is 0 Å². The smallest absolute Gasteiger partial charge is 0.197 e. The normalized spacial score (nSPS) is 17.9. The first kappa shape index (κ1) is 10.8. The van der Waals surface area contributed by atoms with Gasteiger partial charge in [-0.1, -0.05) is 29.8 Å². The van der Waals surface area contributed by atoms with E-state index in [9.17, 15) is 9.59 Å². The minimum Gasteiger partial charge on any atom is -0.293 e. The Morgan fingerprint density at radius 1 is 1.06 bits per heavy atom. The Morgan fingerprint density at radius 2 is 1.89 bits per heavy atom. The van der Waals surface area contributed by atoms with Crippen LogP contribution in [0.4, 0.5) is 0 Å². The van der Waals surface area contributed by atoms with E-state index in [0.29, 0.717) is 11.3 Å². The van der Waals surface area contributed by atoms with Gasteiger partial charge in [0, 0.05) is 11.8 Å². The second-order valence-corrected chi connectivity index (χ2v) is 4.48. The summed E-state index contributed by atoms with van der Waals surface area (Å²) in [7, 11) is 0. The van der Waals surface area contributed by atoms with Crippen molar-refractivity contribution in [3.63, 3.8) is 0 Å². The van der Waals surface area contributed by atoms with Crippen molar-refractivity contribution in [1.29, 1.82) is 0 Å². The third kappa shape index (κ3) is 1.48. The maximum Gasteiger partial charge on any atom is 0.197 e. The van der Waals surface area contributed by atoms with Crippen LogP contribution in [0.25, 0.3) is 0 Å². The van der Waals surface area contributed by atoms with E-state index in [1.165, 1.54) is 0 Å². The molecule has 3 rings (SSSR count). The lowest BCUT2D eigenvalue weighted by Crippen LogP contribution is -2.13. The highest BCUT2D eigenvalue weighted by molar-refractivity contribution is 6.28. The van der Waals surface area contributed by atoms with Crippen LogP contribution in [0.1, 0.15) is 37.9 Å². The fraction of sp³-hybridized carbons (Fsp3) is 0.133. The first-order valence-electron chi connectivity index (χ1n) is 5.78. The fourth-order valence-electron chi connectivity index (χ4n) is 2.36. The number of ketones is 2. The molecule has 3 nitrogen and oxygen atoms in total. The van der Waals surface area contributed by atoms with Crippen LogP contribution < -0.4 is 0 Å². The molecular formula is C15H11NO2. The molecule has 0 aliphatic heterocycles. The molecule has 1 aliphatic carbocycles. The van der Waals surface area contributed by atoms with Gasteiger partial charge in [-0.15, -0.1) is 0 Å². The number of nitrogens with zero attached hydrogens (tertiary/aromatic N) is 1. The zero-order valence-corrected chi connectivity index (χ0v) is 9.88. The van der Waals surface area contributed by atoms with E-state index in [0.717, 1.165) is 11.1 Å². The SMILES string of the molecule is Cc1cccc(C2C(=O)c3cccnc3C2=O)c1. The highest BCUT2D eigenvalue weighted by atomic mass is 16.2. The lowest BCUT2D eigenvalue weighted by atomic mass is 9.93. The zero-order valence-electron chi connectivity index (χ0n) is 9.88. The number of aryl methyl sites for hydroxylation is 1. The van der Waals surface area contributed by atoms with E-state index >= 15 is 0 Å². The molecule has 1 unspecified atom stereocenters. The van der Waals surface area contributed by atoms with Crippen LogP contribution in [-0.4, -0.2) is 16.6 Å². The molecule has 1 atom stereocenters. The van der Waals surface area contributed by atoms with Gasteiger partial charge in [0.1, 0.15) is 11.6 Å². The largest absolute Gasteiger partial charge is 0.293 e. The predicted molar refractivity (Wildman–Crippen MR) is 66.8 cm³/mol. The van der Waals surface area contributed by atoms with Crippen molar-refractivity contribution in [3.8, 4) is 0 Å². The number of pyridine rings is 1. The Hall–Kier alpha value is -2.29. The first-order valence-corrected chi connectivity index (χ1v) is 5.78. The lowest BCUT2D eigenvalue weighted by molar-refractivity contribution is 0.0888. The van der Waals surface area contributed by atoms with Crippen LogP contribution in [0.3, 0.4) is 0 Å². The van der Waals surface area contributed by atoms with Gasteiger partial charge in [0.15, 0.2) is 11.6 Å². The van der Waals surface area contributed by atoms with Gasteiger partial charge in [0.25, 0.3) is 0 Å². The number of hydrogen-bond acceptors (Lipinski definition) is 3. The molecule has 1 aromatic carbocycles. The maximum atomic E-state index is 12.3. The van der Waals surface area contributed by atoms with Crippen LogP contribution in [0.15, 0.2) is 42.6 Å². The van der Waals surface area contributed by atoms with Gasteiger partial charge in [-0.3, -0.25) is 14.6 Å². The monoisotopic (exact) mass is 237 g/mol. The summed E-state index contributed by atoms with van der Waals surface area (Å²) in [4.78, 5) is 28.5. The molecule has 0 radical (unpaired) electrons. The van der Waals surface area contributed by atoms with Gasteiger partial charge in [0.05, 0.1) is 0 Å². The molecule has 0 amide bonds. The molecule has 1 aliphatic rings. The third-order valence-electron chi connectivity index (χ3n) is 3.21. The molecule has 0 N–H and O–H groups in total. The summed E-state index contributed by atoms with van der Waals surface area (Å²) < 4.78 is 0. The number of fused-ring (bicyclic) bond motifs is 1. The van der Waals surface area contributed by atoms with Gasteiger partial charge in [0.2, 0.25) is 0 Å². The average molecular weight is 237 g/mol. The van der Waals surface area contributed by atoms with Crippen molar-refractivity contribution in [2.75, 3.05) is 0 Å². The second kappa shape index (κ2) is 3.88. The van der Waals surface area contributed by atoms with Crippen molar-refractivity contribution in [1.82, 2.24) is 4.98 Å². The summed E-state index contributed by atoms with van der Waals surface area (Å²) in [6, 6.07) is 10.9. The van der Waals surface area contributed by atoms with Gasteiger partial charge >= 0.3 is 0 Å². The number of rotatable bonds is 1. The Labute approximate surface area is 104 Å². The average Bonchev–Trinajstić information content (AvgIpc) is 2.63. The van der Waals surface area contributed by atoms with Gasteiger partial charge in [-0.25, -0.2) is 0 Å². The highest BCUT2D eigenvalue weighted by Gasteiger charge is 2.40. The van der Waals surface area contributed by atoms with E-state index in [2.05, 4.69) is 4.98 Å². The van der Waals surface area contributed by atoms with Gasteiger partial charge < -0.3 is 0 Å². The van der Waals surface area contributed by atoms with Crippen LogP contribution in [0.2, 0.25) is 0 Å². The molecule has 1 aromatic heterocycles. The van der Waals surface area contributed by atoms with E-state index in [4.69, 9.17) is 0 Å². The number of carbonyl (C=O) groups is 2. The molecular weight excluding hydrogens is 226 g/mol. The molecule has 0 saturated carbocycles. The van der Waals surface area contributed by atoms with Gasteiger partial charge in [-0.2, -0.15) is 0 Å². The second-order valence-electron chi connectivity index (χ2n) is 4.48. The Kier molecular flexibility index (Phi) is 2.33. The molecule has 0 spiro atoms. The van der Waals surface area contributed by atoms with E-state index in [-0.39, 0.29) is 11.6 Å². The molecule has 0 fully saturated rings. The van der Waals surface area contributed by atoms with Crippen molar-refractivity contribution in [2.24, 2.45) is 0 Å². The van der Waals surface area contributed by atoms with Crippen LogP contribution in [0, 0.1) is 6.92 Å².